The fourth-order valence-corrected chi connectivity index (χ4v) is 5.83. The number of sulfonamides is 1. The lowest BCUT2D eigenvalue weighted by atomic mass is 10.2. The van der Waals surface area contributed by atoms with Gasteiger partial charge in [-0.05, 0) is 65.5 Å². The van der Waals surface area contributed by atoms with Gasteiger partial charge in [0.2, 0.25) is 10.0 Å². The first-order valence-corrected chi connectivity index (χ1v) is 12.4. The van der Waals surface area contributed by atoms with E-state index in [1.165, 1.54) is 22.5 Å². The fourth-order valence-electron chi connectivity index (χ4n) is 3.57. The van der Waals surface area contributed by atoms with Gasteiger partial charge in [0.05, 0.1) is 27.5 Å². The number of β-amino-alcohol motifs (C(OH)–C–C–N with tert-alkyl or cyclic N) is 1. The molecular formula is C21H20BrClFN3O3S. The van der Waals surface area contributed by atoms with E-state index in [2.05, 4.69) is 25.9 Å². The van der Waals surface area contributed by atoms with Crippen molar-refractivity contribution in [3.05, 3.63) is 57.9 Å². The van der Waals surface area contributed by atoms with Crippen molar-refractivity contribution in [1.82, 2.24) is 14.3 Å². The monoisotopic (exact) mass is 527 g/mol. The minimum absolute atomic E-state index is 0.0339. The number of benzene rings is 2. The average molecular weight is 529 g/mol. The van der Waals surface area contributed by atoms with Gasteiger partial charge in [-0.25, -0.2) is 17.8 Å². The highest BCUT2D eigenvalue weighted by Crippen LogP contribution is 2.31. The molecule has 1 aliphatic rings. The normalized spacial score (nSPS) is 18.1. The Morgan fingerprint density at radius 3 is 2.74 bits per heavy atom. The Bertz CT molecular complexity index is 1220. The van der Waals surface area contributed by atoms with Crippen molar-refractivity contribution in [1.29, 1.82) is 0 Å². The first-order chi connectivity index (χ1) is 14.8. The van der Waals surface area contributed by atoms with Gasteiger partial charge in [0.25, 0.3) is 0 Å². The van der Waals surface area contributed by atoms with Crippen LogP contribution in [0.15, 0.2) is 52.0 Å². The number of hydrogen-bond donors (Lipinski definition) is 2. The summed E-state index contributed by atoms with van der Waals surface area (Å²) in [5.74, 6) is 0.0375. The Morgan fingerprint density at radius 1 is 1.19 bits per heavy atom. The molecule has 1 fully saturated rings. The van der Waals surface area contributed by atoms with E-state index in [-0.39, 0.29) is 16.5 Å². The van der Waals surface area contributed by atoms with Crippen molar-refractivity contribution in [2.45, 2.75) is 30.3 Å². The topological polar surface area (TPSA) is 86.3 Å². The molecule has 164 valence electrons. The van der Waals surface area contributed by atoms with Gasteiger partial charge >= 0.3 is 0 Å². The molecule has 0 bridgehead atoms. The molecule has 0 unspecified atom stereocenters. The second kappa shape index (κ2) is 8.99. The molecule has 1 aromatic heterocycles. The number of rotatable bonds is 4. The highest BCUT2D eigenvalue weighted by Gasteiger charge is 2.30. The summed E-state index contributed by atoms with van der Waals surface area (Å²) < 4.78 is 42.0. The number of nitrogens with one attached hydrogen (secondary N) is 1. The Labute approximate surface area is 193 Å². The van der Waals surface area contributed by atoms with Gasteiger partial charge in [-0.1, -0.05) is 17.7 Å². The molecule has 2 heterocycles. The Morgan fingerprint density at radius 2 is 1.97 bits per heavy atom. The first-order valence-electron chi connectivity index (χ1n) is 9.74. The predicted molar refractivity (Wildman–Crippen MR) is 121 cm³/mol. The van der Waals surface area contributed by atoms with Crippen LogP contribution in [0.25, 0.3) is 22.6 Å². The number of aromatic amines is 1. The van der Waals surface area contributed by atoms with Crippen LogP contribution in [-0.2, 0) is 10.0 Å². The molecule has 10 heteroatoms. The molecule has 1 saturated heterocycles. The maximum Gasteiger partial charge on any atom is 0.244 e. The standard InChI is InChI=1S/C21H20BrClFN3O3S/c22-16-6-4-13(9-18(16)24)19-11-25-21(26-19)14-5-7-17(23)20(10-14)31(29,30)27-8-2-1-3-15(28)12-27/h4-7,9-11,15,28H,1-3,8,12H2,(H,25,26)/t15-/m1/s1. The summed E-state index contributed by atoms with van der Waals surface area (Å²) in [6.07, 6.45) is 2.89. The molecule has 1 aliphatic heterocycles. The molecule has 0 amide bonds. The largest absolute Gasteiger partial charge is 0.392 e. The molecule has 0 aliphatic carbocycles. The highest BCUT2D eigenvalue weighted by molar-refractivity contribution is 9.10. The third kappa shape index (κ3) is 4.70. The van der Waals surface area contributed by atoms with Gasteiger partial charge < -0.3 is 10.1 Å². The van der Waals surface area contributed by atoms with Crippen LogP contribution in [0.2, 0.25) is 5.02 Å². The van der Waals surface area contributed by atoms with E-state index in [0.29, 0.717) is 46.5 Å². The lowest BCUT2D eigenvalue weighted by Gasteiger charge is -2.22. The quantitative estimate of drug-likeness (QED) is 0.508. The van der Waals surface area contributed by atoms with Gasteiger partial charge in [-0.2, -0.15) is 4.31 Å². The maximum atomic E-state index is 13.9. The van der Waals surface area contributed by atoms with Crippen molar-refractivity contribution in [2.75, 3.05) is 13.1 Å². The van der Waals surface area contributed by atoms with E-state index in [9.17, 15) is 17.9 Å². The van der Waals surface area contributed by atoms with Crippen LogP contribution < -0.4 is 0 Å². The number of nitrogens with zero attached hydrogens (tertiary/aromatic N) is 2. The van der Waals surface area contributed by atoms with E-state index in [4.69, 9.17) is 11.6 Å². The predicted octanol–water partition coefficient (Wildman–Crippen LogP) is 4.83. The molecule has 2 N–H and O–H groups in total. The summed E-state index contributed by atoms with van der Waals surface area (Å²) in [5, 5.41) is 10.1. The number of aliphatic hydroxyl groups excluding tert-OH is 1. The SMILES string of the molecule is O=S(=O)(c1cc(-c2ncc(-c3ccc(Br)c(F)c3)[nH]2)ccc1Cl)N1CCCC[C@@H](O)C1. The molecule has 31 heavy (non-hydrogen) atoms. The van der Waals surface area contributed by atoms with Crippen LogP contribution in [0.1, 0.15) is 19.3 Å². The molecule has 0 spiro atoms. The smallest absolute Gasteiger partial charge is 0.244 e. The van der Waals surface area contributed by atoms with Crippen LogP contribution in [0.5, 0.6) is 0 Å². The fraction of sp³-hybridized carbons (Fsp3) is 0.286. The van der Waals surface area contributed by atoms with E-state index in [1.807, 2.05) is 0 Å². The highest BCUT2D eigenvalue weighted by atomic mass is 79.9. The number of imidazole rings is 1. The van der Waals surface area contributed by atoms with E-state index < -0.39 is 21.9 Å². The number of aromatic nitrogens is 2. The van der Waals surface area contributed by atoms with Crippen molar-refractivity contribution >= 4 is 37.6 Å². The minimum Gasteiger partial charge on any atom is -0.392 e. The zero-order valence-electron chi connectivity index (χ0n) is 16.4. The van der Waals surface area contributed by atoms with Crippen LogP contribution >= 0.6 is 27.5 Å². The first kappa shape index (κ1) is 22.4. The molecule has 2 aromatic carbocycles. The molecule has 1 atom stereocenters. The average Bonchev–Trinajstić information content (AvgIpc) is 3.12. The summed E-state index contributed by atoms with van der Waals surface area (Å²) in [5.41, 5.74) is 1.73. The Kier molecular flexibility index (Phi) is 6.50. The number of aliphatic hydroxyl groups is 1. The number of H-pyrrole nitrogens is 1. The van der Waals surface area contributed by atoms with Crippen molar-refractivity contribution in [3.63, 3.8) is 0 Å². The van der Waals surface area contributed by atoms with Gasteiger partial charge in [0, 0.05) is 24.2 Å². The van der Waals surface area contributed by atoms with E-state index in [1.54, 1.807) is 24.4 Å². The second-order valence-corrected chi connectivity index (χ2v) is 10.6. The molecule has 0 radical (unpaired) electrons. The summed E-state index contributed by atoms with van der Waals surface area (Å²) in [6.45, 7) is 0.378. The van der Waals surface area contributed by atoms with Crippen LogP contribution in [0.3, 0.4) is 0 Å². The van der Waals surface area contributed by atoms with Gasteiger partial charge in [0.1, 0.15) is 16.5 Å². The van der Waals surface area contributed by atoms with Crippen molar-refractivity contribution in [3.8, 4) is 22.6 Å². The summed E-state index contributed by atoms with van der Waals surface area (Å²) >= 11 is 9.38. The number of halogens is 3. The van der Waals surface area contributed by atoms with Gasteiger partial charge in [-0.3, -0.25) is 0 Å². The summed E-state index contributed by atoms with van der Waals surface area (Å²) in [4.78, 5) is 7.39. The number of hydrogen-bond acceptors (Lipinski definition) is 4. The minimum atomic E-state index is -3.89. The summed E-state index contributed by atoms with van der Waals surface area (Å²) in [6, 6.07) is 9.38. The third-order valence-electron chi connectivity index (χ3n) is 5.24. The molecule has 3 aromatic rings. The van der Waals surface area contributed by atoms with E-state index >= 15 is 0 Å². The van der Waals surface area contributed by atoms with Crippen molar-refractivity contribution < 1.29 is 17.9 Å². The zero-order valence-corrected chi connectivity index (χ0v) is 19.5. The Balaban J connectivity index is 1.68. The zero-order chi connectivity index (χ0) is 22.2. The van der Waals surface area contributed by atoms with Gasteiger partial charge in [0.15, 0.2) is 0 Å². The maximum absolute atomic E-state index is 13.9. The van der Waals surface area contributed by atoms with Crippen LogP contribution in [0.4, 0.5) is 4.39 Å². The van der Waals surface area contributed by atoms with Crippen LogP contribution in [-0.4, -0.2) is 47.0 Å². The summed E-state index contributed by atoms with van der Waals surface area (Å²) in [7, 11) is -3.89. The lowest BCUT2D eigenvalue weighted by Crippen LogP contribution is -2.36. The molecule has 4 rings (SSSR count). The van der Waals surface area contributed by atoms with Gasteiger partial charge in [-0.15, -0.1) is 0 Å². The Hall–Kier alpha value is -1.78. The van der Waals surface area contributed by atoms with E-state index in [0.717, 1.165) is 6.42 Å². The lowest BCUT2D eigenvalue weighted by molar-refractivity contribution is 0.148. The molecule has 0 saturated carbocycles. The van der Waals surface area contributed by atoms with Crippen LogP contribution in [0, 0.1) is 5.82 Å². The second-order valence-electron chi connectivity index (χ2n) is 7.43. The van der Waals surface area contributed by atoms with Crippen molar-refractivity contribution in [2.24, 2.45) is 0 Å². The molecule has 6 nitrogen and oxygen atoms in total. The molecular weight excluding hydrogens is 509 g/mol. The third-order valence-corrected chi connectivity index (χ3v) is 8.23.